The van der Waals surface area contributed by atoms with Gasteiger partial charge in [-0.2, -0.15) is 0 Å². The molecule has 1 aliphatic heterocycles. The molecule has 0 aromatic heterocycles. The molecule has 1 aliphatic rings. The molecule has 7 heteroatoms. The van der Waals surface area contributed by atoms with E-state index in [9.17, 15) is 14.0 Å². The van der Waals surface area contributed by atoms with Crippen LogP contribution in [0.5, 0.6) is 0 Å². The Hall–Kier alpha value is -1.92. The summed E-state index contributed by atoms with van der Waals surface area (Å²) < 4.78 is 13.7. The van der Waals surface area contributed by atoms with Crippen molar-refractivity contribution in [3.05, 3.63) is 48.3 Å². The van der Waals surface area contributed by atoms with E-state index in [-0.39, 0.29) is 43.0 Å². The fourth-order valence-corrected chi connectivity index (χ4v) is 2.38. The number of nitrogens with zero attached hydrogens (tertiary/aromatic N) is 1. The summed E-state index contributed by atoms with van der Waals surface area (Å²) in [4.78, 5) is 25.7. The molecule has 1 unspecified atom stereocenters. The third-order valence-electron chi connectivity index (χ3n) is 3.53. The molecule has 5 nitrogen and oxygen atoms in total. The summed E-state index contributed by atoms with van der Waals surface area (Å²) >= 11 is 0. The lowest BCUT2D eigenvalue weighted by Gasteiger charge is -2.33. The maximum Gasteiger partial charge on any atom is 0.240 e. The van der Waals surface area contributed by atoms with Crippen molar-refractivity contribution in [2.45, 2.75) is 19.0 Å². The molecule has 0 radical (unpaired) electrons. The zero-order chi connectivity index (χ0) is 15.9. The fraction of sp³-hybridized carbons (Fsp3) is 0.375. The molecule has 0 bridgehead atoms. The molecule has 1 aromatic carbocycles. The number of carbonyl (C=O) groups excluding carboxylic acids is 2. The van der Waals surface area contributed by atoms with Gasteiger partial charge in [0.25, 0.3) is 0 Å². The van der Waals surface area contributed by atoms with E-state index in [4.69, 9.17) is 0 Å². The number of carbonyl (C=O) groups is 2. The van der Waals surface area contributed by atoms with E-state index in [1.54, 1.807) is 29.2 Å². The van der Waals surface area contributed by atoms with Crippen molar-refractivity contribution in [3.63, 3.8) is 0 Å². The zero-order valence-electron chi connectivity index (χ0n) is 12.8. The third kappa shape index (κ3) is 5.33. The van der Waals surface area contributed by atoms with Gasteiger partial charge in [-0.1, -0.05) is 24.3 Å². The molecule has 1 heterocycles. The second kappa shape index (κ2) is 9.27. The molecule has 2 N–H and O–H groups in total. The van der Waals surface area contributed by atoms with Gasteiger partial charge in [0, 0.05) is 31.7 Å². The van der Waals surface area contributed by atoms with Crippen LogP contribution >= 0.6 is 12.4 Å². The predicted molar refractivity (Wildman–Crippen MR) is 88.7 cm³/mol. The maximum atomic E-state index is 13.7. The molecule has 0 spiro atoms. The van der Waals surface area contributed by atoms with Gasteiger partial charge >= 0.3 is 0 Å². The Kier molecular flexibility index (Phi) is 7.71. The van der Waals surface area contributed by atoms with Gasteiger partial charge in [-0.3, -0.25) is 9.59 Å². The van der Waals surface area contributed by atoms with Crippen molar-refractivity contribution >= 4 is 24.2 Å². The average Bonchev–Trinajstić information content (AvgIpc) is 2.51. The summed E-state index contributed by atoms with van der Waals surface area (Å²) in [5.74, 6) is -0.712. The first kappa shape index (κ1) is 19.1. The van der Waals surface area contributed by atoms with E-state index in [0.717, 1.165) is 0 Å². The van der Waals surface area contributed by atoms with Crippen molar-refractivity contribution < 1.29 is 14.0 Å². The maximum absolute atomic E-state index is 13.7. The van der Waals surface area contributed by atoms with Crippen LogP contribution in [0.25, 0.3) is 0 Å². The molecule has 0 saturated carbocycles. The number of amides is 2. The smallest absolute Gasteiger partial charge is 0.240 e. The Morgan fingerprint density at radius 1 is 1.48 bits per heavy atom. The van der Waals surface area contributed by atoms with Crippen LogP contribution < -0.4 is 10.6 Å². The molecule has 1 aromatic rings. The Morgan fingerprint density at radius 3 is 2.91 bits per heavy atom. The highest BCUT2D eigenvalue weighted by Crippen LogP contribution is 2.13. The first-order valence-electron chi connectivity index (χ1n) is 7.25. The molecular formula is C16H21ClFN3O2. The van der Waals surface area contributed by atoms with Gasteiger partial charge in [-0.25, -0.2) is 4.39 Å². The summed E-state index contributed by atoms with van der Waals surface area (Å²) in [5, 5.41) is 5.68. The molecular weight excluding hydrogens is 321 g/mol. The molecule has 2 rings (SSSR count). The van der Waals surface area contributed by atoms with Crippen LogP contribution in [0.15, 0.2) is 36.9 Å². The van der Waals surface area contributed by atoms with E-state index in [1.165, 1.54) is 6.07 Å². The normalized spacial score (nSPS) is 17.3. The van der Waals surface area contributed by atoms with Gasteiger partial charge in [0.2, 0.25) is 11.8 Å². The quantitative estimate of drug-likeness (QED) is 0.765. The van der Waals surface area contributed by atoms with Crippen LogP contribution in [-0.2, 0) is 16.1 Å². The lowest BCUT2D eigenvalue weighted by atomic mass is 10.1. The lowest BCUT2D eigenvalue weighted by molar-refractivity contribution is -0.138. The summed E-state index contributed by atoms with van der Waals surface area (Å²) in [7, 11) is 0. The Morgan fingerprint density at radius 2 is 2.22 bits per heavy atom. The third-order valence-corrected chi connectivity index (χ3v) is 3.53. The highest BCUT2D eigenvalue weighted by Gasteiger charge is 2.30. The summed E-state index contributed by atoms with van der Waals surface area (Å²) in [6, 6.07) is 5.83. The second-order valence-corrected chi connectivity index (χ2v) is 5.15. The standard InChI is InChI=1S/C16H20FN3O2.ClH/c1-2-7-19-15(21)10-14-16(22)20(9-8-18-14)11-12-5-3-4-6-13(12)17;/h2-6,14,18H,1,7-11H2,(H,19,21);1H. The SMILES string of the molecule is C=CCNC(=O)CC1NCCN(Cc2ccccc2F)C1=O.Cl. The molecule has 0 aliphatic carbocycles. The van der Waals surface area contributed by atoms with Crippen LogP contribution in [0.4, 0.5) is 4.39 Å². The van der Waals surface area contributed by atoms with Crippen LogP contribution in [0, 0.1) is 5.82 Å². The highest BCUT2D eigenvalue weighted by atomic mass is 35.5. The highest BCUT2D eigenvalue weighted by molar-refractivity contribution is 5.89. The lowest BCUT2D eigenvalue weighted by Crippen LogP contribution is -2.55. The van der Waals surface area contributed by atoms with Crippen molar-refractivity contribution in [2.75, 3.05) is 19.6 Å². The first-order chi connectivity index (χ1) is 10.6. The topological polar surface area (TPSA) is 61.4 Å². The second-order valence-electron chi connectivity index (χ2n) is 5.15. The minimum atomic E-state index is -0.565. The van der Waals surface area contributed by atoms with Crippen LogP contribution in [0.2, 0.25) is 0 Å². The van der Waals surface area contributed by atoms with Gasteiger partial charge in [0.05, 0.1) is 12.5 Å². The van der Waals surface area contributed by atoms with E-state index in [1.807, 2.05) is 0 Å². The van der Waals surface area contributed by atoms with Gasteiger partial charge in [0.1, 0.15) is 5.82 Å². The zero-order valence-corrected chi connectivity index (χ0v) is 13.6. The van der Waals surface area contributed by atoms with Crippen molar-refractivity contribution in [2.24, 2.45) is 0 Å². The summed E-state index contributed by atoms with van der Waals surface area (Å²) in [6.45, 7) is 5.20. The van der Waals surface area contributed by atoms with E-state index >= 15 is 0 Å². The van der Waals surface area contributed by atoms with Crippen molar-refractivity contribution in [1.82, 2.24) is 15.5 Å². The van der Waals surface area contributed by atoms with E-state index in [0.29, 0.717) is 25.2 Å². The largest absolute Gasteiger partial charge is 0.353 e. The summed E-state index contributed by atoms with van der Waals surface area (Å²) in [5.41, 5.74) is 0.479. The molecule has 126 valence electrons. The fourth-order valence-electron chi connectivity index (χ4n) is 2.38. The van der Waals surface area contributed by atoms with Crippen LogP contribution in [-0.4, -0.2) is 42.4 Å². The van der Waals surface area contributed by atoms with E-state index < -0.39 is 6.04 Å². The number of halogens is 2. The monoisotopic (exact) mass is 341 g/mol. The molecule has 1 fully saturated rings. The number of hydrogen-bond acceptors (Lipinski definition) is 3. The molecule has 2 amide bonds. The van der Waals surface area contributed by atoms with Gasteiger partial charge in [0.15, 0.2) is 0 Å². The average molecular weight is 342 g/mol. The van der Waals surface area contributed by atoms with Crippen molar-refractivity contribution in [1.29, 1.82) is 0 Å². The van der Waals surface area contributed by atoms with Crippen LogP contribution in [0.1, 0.15) is 12.0 Å². The van der Waals surface area contributed by atoms with Gasteiger partial charge < -0.3 is 15.5 Å². The Bertz CT molecular complexity index is 568. The van der Waals surface area contributed by atoms with Crippen molar-refractivity contribution in [3.8, 4) is 0 Å². The minimum absolute atomic E-state index is 0. The predicted octanol–water partition coefficient (Wildman–Crippen LogP) is 1.24. The first-order valence-corrected chi connectivity index (χ1v) is 7.25. The van der Waals surface area contributed by atoms with Crippen LogP contribution in [0.3, 0.4) is 0 Å². The molecule has 1 atom stereocenters. The number of rotatable bonds is 6. The Balaban J connectivity index is 0.00000264. The van der Waals surface area contributed by atoms with Gasteiger partial charge in [-0.05, 0) is 6.07 Å². The summed E-state index contributed by atoms with van der Waals surface area (Å²) in [6.07, 6.45) is 1.65. The van der Waals surface area contributed by atoms with Gasteiger partial charge in [-0.15, -0.1) is 19.0 Å². The van der Waals surface area contributed by atoms with E-state index in [2.05, 4.69) is 17.2 Å². The number of benzene rings is 1. The number of hydrogen-bond donors (Lipinski definition) is 2. The minimum Gasteiger partial charge on any atom is -0.353 e. The number of piperazine rings is 1. The molecule has 1 saturated heterocycles. The Labute approximate surface area is 141 Å². The number of nitrogens with one attached hydrogen (secondary N) is 2. The molecule has 23 heavy (non-hydrogen) atoms.